The van der Waals surface area contributed by atoms with Crippen molar-refractivity contribution in [1.82, 2.24) is 0 Å². The Morgan fingerprint density at radius 2 is 2.33 bits per heavy atom. The number of aliphatic hydroxyl groups excluding tert-OH is 1. The van der Waals surface area contributed by atoms with Gasteiger partial charge in [0.25, 0.3) is 0 Å². The predicted molar refractivity (Wildman–Crippen MR) is 38.5 cm³/mol. The van der Waals surface area contributed by atoms with Gasteiger partial charge in [0.1, 0.15) is 0 Å². The Labute approximate surface area is 59.6 Å². The van der Waals surface area contributed by atoms with Crippen LogP contribution in [0.15, 0.2) is 0 Å². The Morgan fingerprint density at radius 3 is 2.67 bits per heavy atom. The Bertz CT molecular complexity index is 103. The van der Waals surface area contributed by atoms with Gasteiger partial charge in [-0.05, 0) is 13.8 Å². The van der Waals surface area contributed by atoms with E-state index >= 15 is 0 Å². The zero-order valence-corrected chi connectivity index (χ0v) is 6.57. The van der Waals surface area contributed by atoms with Gasteiger partial charge >= 0.3 is 0 Å². The molecule has 1 heterocycles. The highest BCUT2D eigenvalue weighted by atomic mass is 32.2. The van der Waals surface area contributed by atoms with E-state index in [1.54, 1.807) is 11.8 Å². The molecule has 0 amide bonds. The first kappa shape index (κ1) is 7.38. The highest BCUT2D eigenvalue weighted by molar-refractivity contribution is 8.00. The number of aliphatic hydroxyl groups is 1. The van der Waals surface area contributed by atoms with Crippen LogP contribution in [0.25, 0.3) is 0 Å². The Morgan fingerprint density at radius 1 is 1.67 bits per heavy atom. The van der Waals surface area contributed by atoms with Gasteiger partial charge in [-0.25, -0.2) is 0 Å². The standard InChI is InChI=1S/C6H12O2S/c1-6(2)5(7)8-3-4-9-6/h5,7H,3-4H2,1-2H3. The van der Waals surface area contributed by atoms with Crippen LogP contribution in [-0.4, -0.2) is 28.5 Å². The summed E-state index contributed by atoms with van der Waals surface area (Å²) in [6, 6.07) is 0. The number of hydrogen-bond acceptors (Lipinski definition) is 3. The molecule has 54 valence electrons. The van der Waals surface area contributed by atoms with E-state index in [0.717, 1.165) is 5.75 Å². The molecule has 2 nitrogen and oxygen atoms in total. The molecule has 0 aromatic carbocycles. The van der Waals surface area contributed by atoms with Gasteiger partial charge in [0, 0.05) is 5.75 Å². The first-order chi connectivity index (χ1) is 4.13. The summed E-state index contributed by atoms with van der Waals surface area (Å²) in [5, 5.41) is 9.19. The van der Waals surface area contributed by atoms with Gasteiger partial charge < -0.3 is 9.84 Å². The lowest BCUT2D eigenvalue weighted by Crippen LogP contribution is -2.39. The molecule has 0 aromatic heterocycles. The van der Waals surface area contributed by atoms with E-state index in [-0.39, 0.29) is 4.75 Å². The third-order valence-electron chi connectivity index (χ3n) is 1.43. The fourth-order valence-corrected chi connectivity index (χ4v) is 1.65. The third-order valence-corrected chi connectivity index (χ3v) is 2.74. The first-order valence-corrected chi connectivity index (χ1v) is 4.05. The third kappa shape index (κ3) is 1.60. The quantitative estimate of drug-likeness (QED) is 0.552. The maximum atomic E-state index is 9.19. The lowest BCUT2D eigenvalue weighted by atomic mass is 10.2. The minimum atomic E-state index is -0.587. The molecule has 0 aromatic rings. The fourth-order valence-electron chi connectivity index (χ4n) is 0.736. The normalized spacial score (nSPS) is 34.3. The molecule has 1 aliphatic rings. The highest BCUT2D eigenvalue weighted by Crippen LogP contribution is 2.31. The van der Waals surface area contributed by atoms with Crippen molar-refractivity contribution in [1.29, 1.82) is 0 Å². The van der Waals surface area contributed by atoms with Crippen LogP contribution in [0.3, 0.4) is 0 Å². The molecule has 0 aliphatic carbocycles. The number of thioether (sulfide) groups is 1. The van der Waals surface area contributed by atoms with Gasteiger partial charge in [-0.1, -0.05) is 0 Å². The van der Waals surface area contributed by atoms with Gasteiger partial charge in [-0.2, -0.15) is 0 Å². The summed E-state index contributed by atoms with van der Waals surface area (Å²) < 4.78 is 4.91. The lowest BCUT2D eigenvalue weighted by molar-refractivity contribution is -0.116. The van der Waals surface area contributed by atoms with Crippen molar-refractivity contribution in [3.8, 4) is 0 Å². The van der Waals surface area contributed by atoms with Crippen molar-refractivity contribution in [2.45, 2.75) is 24.9 Å². The van der Waals surface area contributed by atoms with Crippen LogP contribution < -0.4 is 0 Å². The second kappa shape index (κ2) is 2.48. The molecule has 0 spiro atoms. The highest BCUT2D eigenvalue weighted by Gasteiger charge is 2.32. The number of hydrogen-bond donors (Lipinski definition) is 1. The van der Waals surface area contributed by atoms with Crippen LogP contribution in [0, 0.1) is 0 Å². The van der Waals surface area contributed by atoms with E-state index in [9.17, 15) is 5.11 Å². The average Bonchev–Trinajstić information content (AvgIpc) is 1.77. The van der Waals surface area contributed by atoms with Crippen molar-refractivity contribution in [2.24, 2.45) is 0 Å². The van der Waals surface area contributed by atoms with Crippen LogP contribution in [-0.2, 0) is 4.74 Å². The van der Waals surface area contributed by atoms with E-state index in [1.807, 2.05) is 13.8 Å². The molecule has 1 rings (SSSR count). The molecule has 1 aliphatic heterocycles. The van der Waals surface area contributed by atoms with E-state index in [0.29, 0.717) is 6.61 Å². The van der Waals surface area contributed by atoms with Crippen molar-refractivity contribution < 1.29 is 9.84 Å². The van der Waals surface area contributed by atoms with Crippen LogP contribution in [0.2, 0.25) is 0 Å². The topological polar surface area (TPSA) is 29.5 Å². The van der Waals surface area contributed by atoms with Crippen molar-refractivity contribution in [2.75, 3.05) is 12.4 Å². The summed E-state index contributed by atoms with van der Waals surface area (Å²) in [7, 11) is 0. The molecule has 0 radical (unpaired) electrons. The molecule has 9 heavy (non-hydrogen) atoms. The van der Waals surface area contributed by atoms with Crippen molar-refractivity contribution in [3.63, 3.8) is 0 Å². The molecule has 1 unspecified atom stereocenters. The van der Waals surface area contributed by atoms with Crippen LogP contribution >= 0.6 is 11.8 Å². The molecule has 3 heteroatoms. The van der Waals surface area contributed by atoms with Gasteiger partial charge in [0.2, 0.25) is 0 Å². The fraction of sp³-hybridized carbons (Fsp3) is 1.00. The largest absolute Gasteiger partial charge is 0.367 e. The van der Waals surface area contributed by atoms with E-state index in [2.05, 4.69) is 0 Å². The maximum absolute atomic E-state index is 9.19. The first-order valence-electron chi connectivity index (χ1n) is 3.06. The Balaban J connectivity index is 2.49. The Kier molecular flexibility index (Phi) is 2.03. The van der Waals surface area contributed by atoms with Gasteiger partial charge in [0.15, 0.2) is 6.29 Å². The summed E-state index contributed by atoms with van der Waals surface area (Å²) >= 11 is 1.75. The molecule has 1 fully saturated rings. The minimum Gasteiger partial charge on any atom is -0.367 e. The van der Waals surface area contributed by atoms with Crippen LogP contribution in [0.1, 0.15) is 13.8 Å². The van der Waals surface area contributed by atoms with Gasteiger partial charge in [-0.3, -0.25) is 0 Å². The van der Waals surface area contributed by atoms with E-state index in [4.69, 9.17) is 4.74 Å². The predicted octanol–water partition coefficient (Wildman–Crippen LogP) is 0.847. The van der Waals surface area contributed by atoms with Crippen LogP contribution in [0.4, 0.5) is 0 Å². The van der Waals surface area contributed by atoms with E-state index < -0.39 is 6.29 Å². The molecule has 1 saturated heterocycles. The van der Waals surface area contributed by atoms with Gasteiger partial charge in [-0.15, -0.1) is 11.8 Å². The summed E-state index contributed by atoms with van der Waals surface area (Å²) in [6.07, 6.45) is -0.587. The molecular formula is C6H12O2S. The molecule has 1 N–H and O–H groups in total. The second-order valence-electron chi connectivity index (χ2n) is 2.68. The number of rotatable bonds is 0. The summed E-state index contributed by atoms with van der Waals surface area (Å²) in [5.74, 6) is 0.990. The van der Waals surface area contributed by atoms with Crippen LogP contribution in [0.5, 0.6) is 0 Å². The molecule has 0 saturated carbocycles. The summed E-state index contributed by atoms with van der Waals surface area (Å²) in [6.45, 7) is 4.65. The molecule has 1 atom stereocenters. The monoisotopic (exact) mass is 148 g/mol. The van der Waals surface area contributed by atoms with E-state index in [1.165, 1.54) is 0 Å². The second-order valence-corrected chi connectivity index (χ2v) is 4.42. The smallest absolute Gasteiger partial charge is 0.168 e. The molecular weight excluding hydrogens is 136 g/mol. The minimum absolute atomic E-state index is 0.113. The lowest BCUT2D eigenvalue weighted by Gasteiger charge is -2.33. The SMILES string of the molecule is CC1(C)SCCOC1O. The average molecular weight is 148 g/mol. The number of ether oxygens (including phenoxy) is 1. The Hall–Kier alpha value is 0.270. The summed E-state index contributed by atoms with van der Waals surface area (Å²) in [4.78, 5) is 0. The zero-order valence-electron chi connectivity index (χ0n) is 5.76. The summed E-state index contributed by atoms with van der Waals surface area (Å²) in [5.41, 5.74) is 0. The molecule has 0 bridgehead atoms. The maximum Gasteiger partial charge on any atom is 0.168 e. The van der Waals surface area contributed by atoms with Crippen molar-refractivity contribution >= 4 is 11.8 Å². The van der Waals surface area contributed by atoms with Gasteiger partial charge in [0.05, 0.1) is 11.4 Å². The van der Waals surface area contributed by atoms with Crippen molar-refractivity contribution in [3.05, 3.63) is 0 Å². The zero-order chi connectivity index (χ0) is 6.91.